The quantitative estimate of drug-likeness (QED) is 0.300. The van der Waals surface area contributed by atoms with E-state index in [2.05, 4.69) is 26.5 Å². The fourth-order valence-electron chi connectivity index (χ4n) is 3.61. The van der Waals surface area contributed by atoms with Gasteiger partial charge in [0.15, 0.2) is 5.82 Å². The van der Waals surface area contributed by atoms with Crippen LogP contribution in [-0.4, -0.2) is 35.3 Å². The standard InChI is InChI=1S/C24H27FN6OS/c1-14-22(21-15(2)31-32-16(21)3)29-24(18-13-33-12-17(18)11-27-10-9-26-4)30-23(14)28-20-8-6-5-7-19(20)25/h5-8,12-13,26-27H,9-11H2,1-4H3,(H,28,29,30). The third kappa shape index (κ3) is 4.95. The minimum Gasteiger partial charge on any atom is -0.361 e. The van der Waals surface area contributed by atoms with Crippen LogP contribution in [0.25, 0.3) is 22.6 Å². The number of anilines is 2. The van der Waals surface area contributed by atoms with Crippen molar-refractivity contribution in [2.24, 2.45) is 0 Å². The zero-order valence-electron chi connectivity index (χ0n) is 19.1. The van der Waals surface area contributed by atoms with E-state index < -0.39 is 0 Å². The lowest BCUT2D eigenvalue weighted by Crippen LogP contribution is -2.24. The highest BCUT2D eigenvalue weighted by Gasteiger charge is 2.22. The van der Waals surface area contributed by atoms with Gasteiger partial charge in [-0.1, -0.05) is 17.3 Å². The van der Waals surface area contributed by atoms with Gasteiger partial charge in [-0.05, 0) is 50.9 Å². The molecule has 0 unspecified atom stereocenters. The minimum absolute atomic E-state index is 0.346. The van der Waals surface area contributed by atoms with Gasteiger partial charge in [-0.3, -0.25) is 0 Å². The van der Waals surface area contributed by atoms with Gasteiger partial charge in [0.1, 0.15) is 17.4 Å². The van der Waals surface area contributed by atoms with Gasteiger partial charge in [-0.15, -0.1) is 0 Å². The molecule has 9 heteroatoms. The summed E-state index contributed by atoms with van der Waals surface area (Å²) in [7, 11) is 1.93. The number of thiophene rings is 1. The van der Waals surface area contributed by atoms with Gasteiger partial charge in [0, 0.05) is 36.1 Å². The van der Waals surface area contributed by atoms with Gasteiger partial charge in [0.25, 0.3) is 0 Å². The van der Waals surface area contributed by atoms with E-state index in [-0.39, 0.29) is 5.82 Å². The van der Waals surface area contributed by atoms with Crippen LogP contribution in [0, 0.1) is 26.6 Å². The Morgan fingerprint density at radius 3 is 2.61 bits per heavy atom. The summed E-state index contributed by atoms with van der Waals surface area (Å²) in [4.78, 5) is 9.74. The Morgan fingerprint density at radius 1 is 1.06 bits per heavy atom. The van der Waals surface area contributed by atoms with Crippen molar-refractivity contribution in [2.75, 3.05) is 25.5 Å². The van der Waals surface area contributed by atoms with E-state index >= 15 is 0 Å². The molecule has 3 aromatic heterocycles. The Morgan fingerprint density at radius 2 is 1.88 bits per heavy atom. The molecular weight excluding hydrogens is 439 g/mol. The van der Waals surface area contributed by atoms with E-state index in [4.69, 9.17) is 14.5 Å². The predicted octanol–water partition coefficient (Wildman–Crippen LogP) is 4.98. The van der Waals surface area contributed by atoms with E-state index in [1.165, 1.54) is 6.07 Å². The molecule has 172 valence electrons. The number of likely N-dealkylation sites (N-methyl/N-ethyl adjacent to an activating group) is 1. The van der Waals surface area contributed by atoms with Crippen LogP contribution in [0.15, 0.2) is 39.5 Å². The maximum absolute atomic E-state index is 14.4. The van der Waals surface area contributed by atoms with Gasteiger partial charge in [0.2, 0.25) is 0 Å². The number of rotatable bonds is 9. The first-order valence-electron chi connectivity index (χ1n) is 10.7. The fraction of sp³-hybridized carbons (Fsp3) is 0.292. The molecule has 0 aliphatic rings. The van der Waals surface area contributed by atoms with E-state index in [9.17, 15) is 4.39 Å². The van der Waals surface area contributed by atoms with Crippen molar-refractivity contribution in [2.45, 2.75) is 27.3 Å². The Bertz CT molecular complexity index is 1230. The molecule has 0 aliphatic heterocycles. The maximum atomic E-state index is 14.4. The molecule has 0 radical (unpaired) electrons. The highest BCUT2D eigenvalue weighted by atomic mass is 32.1. The molecule has 0 fully saturated rings. The fourth-order valence-corrected chi connectivity index (χ4v) is 4.44. The number of hydrogen-bond donors (Lipinski definition) is 3. The zero-order valence-corrected chi connectivity index (χ0v) is 19.9. The minimum atomic E-state index is -0.346. The molecule has 0 saturated heterocycles. The molecule has 0 atom stereocenters. The van der Waals surface area contributed by atoms with Crippen LogP contribution in [0.3, 0.4) is 0 Å². The Labute approximate surface area is 196 Å². The number of nitrogens with one attached hydrogen (secondary N) is 3. The van der Waals surface area contributed by atoms with Crippen LogP contribution < -0.4 is 16.0 Å². The summed E-state index contributed by atoms with van der Waals surface area (Å²) in [5, 5.41) is 18.0. The number of halogens is 1. The summed E-state index contributed by atoms with van der Waals surface area (Å²) in [5.41, 5.74) is 5.50. The molecule has 3 N–H and O–H groups in total. The molecular formula is C24H27FN6OS. The number of hydrogen-bond acceptors (Lipinski definition) is 8. The summed E-state index contributed by atoms with van der Waals surface area (Å²) in [6, 6.07) is 6.55. The van der Waals surface area contributed by atoms with Crippen molar-refractivity contribution in [3.8, 4) is 22.6 Å². The molecule has 33 heavy (non-hydrogen) atoms. The molecule has 0 bridgehead atoms. The van der Waals surface area contributed by atoms with Crippen molar-refractivity contribution in [3.05, 3.63) is 63.4 Å². The van der Waals surface area contributed by atoms with E-state index in [1.807, 2.05) is 33.2 Å². The SMILES string of the molecule is CNCCNCc1cscc1-c1nc(Nc2ccccc2F)c(C)c(-c2c(C)noc2C)n1. The summed E-state index contributed by atoms with van der Waals surface area (Å²) < 4.78 is 19.8. The highest BCUT2D eigenvalue weighted by molar-refractivity contribution is 7.08. The summed E-state index contributed by atoms with van der Waals surface area (Å²) in [6.45, 7) is 8.11. The molecule has 0 amide bonds. The Balaban J connectivity index is 1.81. The van der Waals surface area contributed by atoms with Crippen molar-refractivity contribution in [1.29, 1.82) is 0 Å². The van der Waals surface area contributed by atoms with Crippen LogP contribution >= 0.6 is 11.3 Å². The van der Waals surface area contributed by atoms with Gasteiger partial charge < -0.3 is 20.5 Å². The lowest BCUT2D eigenvalue weighted by Gasteiger charge is -2.15. The molecule has 7 nitrogen and oxygen atoms in total. The van der Waals surface area contributed by atoms with E-state index in [1.54, 1.807) is 29.5 Å². The molecule has 1 aromatic carbocycles. The second kappa shape index (κ2) is 10.2. The van der Waals surface area contributed by atoms with Gasteiger partial charge in [0.05, 0.1) is 22.6 Å². The third-order valence-corrected chi connectivity index (χ3v) is 6.19. The highest BCUT2D eigenvalue weighted by Crippen LogP contribution is 2.35. The van der Waals surface area contributed by atoms with Crippen LogP contribution in [0.1, 0.15) is 22.6 Å². The van der Waals surface area contributed by atoms with Crippen LogP contribution in [0.2, 0.25) is 0 Å². The normalized spacial score (nSPS) is 11.2. The summed E-state index contributed by atoms with van der Waals surface area (Å²) in [5.74, 6) is 1.44. The van der Waals surface area contributed by atoms with Crippen molar-refractivity contribution in [3.63, 3.8) is 0 Å². The smallest absolute Gasteiger partial charge is 0.163 e. The molecule has 0 saturated carbocycles. The van der Waals surface area contributed by atoms with Crippen LogP contribution in [0.4, 0.5) is 15.9 Å². The number of benzene rings is 1. The van der Waals surface area contributed by atoms with Crippen LogP contribution in [0.5, 0.6) is 0 Å². The lowest BCUT2D eigenvalue weighted by molar-refractivity contribution is 0.393. The van der Waals surface area contributed by atoms with Crippen molar-refractivity contribution < 1.29 is 8.91 Å². The first kappa shape index (κ1) is 23.0. The molecule has 3 heterocycles. The zero-order chi connectivity index (χ0) is 23.4. The predicted molar refractivity (Wildman–Crippen MR) is 130 cm³/mol. The largest absolute Gasteiger partial charge is 0.361 e. The summed E-state index contributed by atoms with van der Waals surface area (Å²) >= 11 is 1.60. The number of aromatic nitrogens is 3. The number of nitrogens with zero attached hydrogens (tertiary/aromatic N) is 3. The Kier molecular flexibility index (Phi) is 7.12. The number of para-hydroxylation sites is 1. The van der Waals surface area contributed by atoms with Gasteiger partial charge in [-0.2, -0.15) is 11.3 Å². The monoisotopic (exact) mass is 466 g/mol. The molecule has 4 aromatic rings. The topological polar surface area (TPSA) is 87.9 Å². The van der Waals surface area contributed by atoms with Crippen molar-refractivity contribution >= 4 is 22.8 Å². The average Bonchev–Trinajstić information content (AvgIpc) is 3.40. The molecule has 0 spiro atoms. The second-order valence-corrected chi connectivity index (χ2v) is 8.51. The summed E-state index contributed by atoms with van der Waals surface area (Å²) in [6.07, 6.45) is 0. The van der Waals surface area contributed by atoms with Crippen molar-refractivity contribution in [1.82, 2.24) is 25.8 Å². The second-order valence-electron chi connectivity index (χ2n) is 7.76. The maximum Gasteiger partial charge on any atom is 0.163 e. The molecule has 4 rings (SSSR count). The van der Waals surface area contributed by atoms with E-state index in [0.29, 0.717) is 29.6 Å². The van der Waals surface area contributed by atoms with Gasteiger partial charge >= 0.3 is 0 Å². The van der Waals surface area contributed by atoms with Gasteiger partial charge in [-0.25, -0.2) is 14.4 Å². The van der Waals surface area contributed by atoms with Crippen LogP contribution in [-0.2, 0) is 6.54 Å². The molecule has 0 aliphatic carbocycles. The first-order chi connectivity index (χ1) is 16.0. The Hall–Kier alpha value is -3.14. The third-order valence-electron chi connectivity index (χ3n) is 5.39. The average molecular weight is 467 g/mol. The lowest BCUT2D eigenvalue weighted by atomic mass is 10.0. The van der Waals surface area contributed by atoms with E-state index in [0.717, 1.165) is 46.7 Å². The first-order valence-corrected chi connectivity index (χ1v) is 11.7. The number of aryl methyl sites for hydroxylation is 2.